The van der Waals surface area contributed by atoms with Crippen molar-refractivity contribution in [2.24, 2.45) is 5.10 Å². The lowest BCUT2D eigenvalue weighted by Gasteiger charge is -2.01. The fourth-order valence-electron chi connectivity index (χ4n) is 1.86. The average Bonchev–Trinajstić information content (AvgIpc) is 2.49. The Morgan fingerprint density at radius 1 is 1.14 bits per heavy atom. The first-order valence-corrected chi connectivity index (χ1v) is 6.64. The summed E-state index contributed by atoms with van der Waals surface area (Å²) in [5, 5.41) is 5.25. The molecule has 0 radical (unpaired) electrons. The molecule has 2 N–H and O–H groups in total. The zero-order valence-electron chi connectivity index (χ0n) is 10.9. The van der Waals surface area contributed by atoms with Gasteiger partial charge in [-0.05, 0) is 29.8 Å². The van der Waals surface area contributed by atoms with Gasteiger partial charge in [0.1, 0.15) is 0 Å². The summed E-state index contributed by atoms with van der Waals surface area (Å²) >= 11 is 5.80. The van der Waals surface area contributed by atoms with Gasteiger partial charge in [0.15, 0.2) is 0 Å². The van der Waals surface area contributed by atoms with E-state index in [-0.39, 0.29) is 5.56 Å². The topological polar surface area (TPSA) is 70.1 Å². The molecule has 0 aliphatic heterocycles. The quantitative estimate of drug-likeness (QED) is 0.577. The molecule has 5 nitrogen and oxygen atoms in total. The summed E-state index contributed by atoms with van der Waals surface area (Å²) in [7, 11) is 0. The second kappa shape index (κ2) is 5.76. The molecule has 0 aliphatic carbocycles. The highest BCUT2D eigenvalue weighted by Crippen LogP contribution is 2.09. The van der Waals surface area contributed by atoms with E-state index in [1.165, 1.54) is 0 Å². The number of hydrogen-bond acceptors (Lipinski definition) is 4. The van der Waals surface area contributed by atoms with Crippen molar-refractivity contribution in [3.05, 3.63) is 69.5 Å². The summed E-state index contributed by atoms with van der Waals surface area (Å²) in [6.07, 6.45) is 1.62. The number of hydrazone groups is 1. The van der Waals surface area contributed by atoms with E-state index in [0.717, 1.165) is 5.56 Å². The van der Waals surface area contributed by atoms with E-state index >= 15 is 0 Å². The van der Waals surface area contributed by atoms with E-state index in [9.17, 15) is 4.79 Å². The Labute approximate surface area is 125 Å². The zero-order valence-corrected chi connectivity index (χ0v) is 11.6. The Hall–Kier alpha value is -2.66. The number of hydrogen-bond donors (Lipinski definition) is 2. The molecule has 0 amide bonds. The van der Waals surface area contributed by atoms with E-state index in [1.54, 1.807) is 36.5 Å². The lowest BCUT2D eigenvalue weighted by Crippen LogP contribution is -2.10. The summed E-state index contributed by atoms with van der Waals surface area (Å²) in [5.41, 5.74) is 4.01. The van der Waals surface area contributed by atoms with Crippen molar-refractivity contribution in [1.82, 2.24) is 9.97 Å². The maximum absolute atomic E-state index is 11.9. The Balaban J connectivity index is 1.82. The van der Waals surface area contributed by atoms with Gasteiger partial charge in [0, 0.05) is 5.02 Å². The predicted octanol–water partition coefficient (Wildman–Crippen LogP) is 3.02. The van der Waals surface area contributed by atoms with Crippen molar-refractivity contribution in [1.29, 1.82) is 0 Å². The molecule has 1 heterocycles. The van der Waals surface area contributed by atoms with Crippen LogP contribution >= 0.6 is 11.6 Å². The minimum atomic E-state index is -0.204. The van der Waals surface area contributed by atoms with Crippen molar-refractivity contribution in [2.45, 2.75) is 0 Å². The van der Waals surface area contributed by atoms with Crippen LogP contribution in [0.25, 0.3) is 10.9 Å². The lowest BCUT2D eigenvalue weighted by molar-refractivity contribution is 1.12. The van der Waals surface area contributed by atoms with E-state index < -0.39 is 0 Å². The van der Waals surface area contributed by atoms with Gasteiger partial charge in [-0.3, -0.25) is 9.78 Å². The number of H-pyrrole nitrogens is 1. The number of halogens is 1. The molecule has 21 heavy (non-hydrogen) atoms. The van der Waals surface area contributed by atoms with Gasteiger partial charge in [-0.15, -0.1) is 0 Å². The second-order valence-corrected chi connectivity index (χ2v) is 4.79. The summed E-state index contributed by atoms with van der Waals surface area (Å²) in [6, 6.07) is 14.4. The normalized spacial score (nSPS) is 11.1. The van der Waals surface area contributed by atoms with Gasteiger partial charge in [0.05, 0.1) is 17.1 Å². The third-order valence-electron chi connectivity index (χ3n) is 2.87. The summed E-state index contributed by atoms with van der Waals surface area (Å²) in [6.45, 7) is 0. The molecule has 0 spiro atoms. The van der Waals surface area contributed by atoms with Crippen LogP contribution in [0.5, 0.6) is 0 Å². The van der Waals surface area contributed by atoms with Gasteiger partial charge >= 0.3 is 0 Å². The molecule has 6 heteroatoms. The van der Waals surface area contributed by atoms with Crippen molar-refractivity contribution in [2.75, 3.05) is 5.43 Å². The van der Waals surface area contributed by atoms with Crippen LogP contribution in [0, 0.1) is 0 Å². The van der Waals surface area contributed by atoms with E-state index in [0.29, 0.717) is 21.9 Å². The largest absolute Gasteiger partial charge is 0.291 e. The maximum Gasteiger partial charge on any atom is 0.260 e. The Morgan fingerprint density at radius 3 is 2.71 bits per heavy atom. The van der Waals surface area contributed by atoms with Crippen LogP contribution < -0.4 is 11.0 Å². The molecule has 104 valence electrons. The smallest absolute Gasteiger partial charge is 0.260 e. The van der Waals surface area contributed by atoms with Gasteiger partial charge in [-0.25, -0.2) is 10.4 Å². The van der Waals surface area contributed by atoms with Crippen LogP contribution in [-0.4, -0.2) is 16.2 Å². The van der Waals surface area contributed by atoms with Crippen LogP contribution in [0.15, 0.2) is 58.4 Å². The Morgan fingerprint density at radius 2 is 1.90 bits per heavy atom. The molecule has 0 saturated heterocycles. The molecule has 0 bridgehead atoms. The standard InChI is InChI=1S/C15H11ClN4O/c16-11-7-5-10(6-8-11)9-17-20-15-18-13-4-2-1-3-12(13)14(21)19-15/h1-9H,(H2,18,19,20,21)/b17-9+. The van der Waals surface area contributed by atoms with E-state index in [2.05, 4.69) is 20.5 Å². The SMILES string of the molecule is O=c1[nH]c(N/N=C/c2ccc(Cl)cc2)nc2ccccc12. The Bertz CT molecular complexity index is 855. The fourth-order valence-corrected chi connectivity index (χ4v) is 1.98. The van der Waals surface area contributed by atoms with Gasteiger partial charge in [-0.2, -0.15) is 5.10 Å². The number of fused-ring (bicyclic) bond motifs is 1. The van der Waals surface area contributed by atoms with Crippen LogP contribution in [0.1, 0.15) is 5.56 Å². The van der Waals surface area contributed by atoms with Crippen molar-refractivity contribution < 1.29 is 0 Å². The van der Waals surface area contributed by atoms with Gasteiger partial charge in [0.2, 0.25) is 5.95 Å². The molecule has 3 aromatic rings. The first kappa shape index (κ1) is 13.3. The number of anilines is 1. The maximum atomic E-state index is 11.9. The van der Waals surface area contributed by atoms with Crippen LogP contribution in [0.3, 0.4) is 0 Å². The Kier molecular flexibility index (Phi) is 3.66. The molecule has 0 saturated carbocycles. The summed E-state index contributed by atoms with van der Waals surface area (Å²) in [4.78, 5) is 18.8. The van der Waals surface area contributed by atoms with Gasteiger partial charge in [0.25, 0.3) is 5.56 Å². The number of para-hydroxylation sites is 1. The highest BCUT2D eigenvalue weighted by molar-refractivity contribution is 6.30. The summed E-state index contributed by atoms with van der Waals surface area (Å²) in [5.74, 6) is 0.295. The van der Waals surface area contributed by atoms with Crippen LogP contribution in [0.2, 0.25) is 5.02 Å². The first-order valence-electron chi connectivity index (χ1n) is 6.26. The highest BCUT2D eigenvalue weighted by Gasteiger charge is 2.01. The molecular formula is C15H11ClN4O. The molecule has 0 fully saturated rings. The number of nitrogens with zero attached hydrogens (tertiary/aromatic N) is 2. The van der Waals surface area contributed by atoms with Gasteiger partial charge < -0.3 is 0 Å². The number of aromatic nitrogens is 2. The van der Waals surface area contributed by atoms with Crippen molar-refractivity contribution >= 4 is 34.7 Å². The number of aromatic amines is 1. The molecular weight excluding hydrogens is 288 g/mol. The molecule has 0 aliphatic rings. The summed E-state index contributed by atoms with van der Waals surface area (Å²) < 4.78 is 0. The average molecular weight is 299 g/mol. The monoisotopic (exact) mass is 298 g/mol. The minimum Gasteiger partial charge on any atom is -0.291 e. The molecule has 2 aromatic carbocycles. The third-order valence-corrected chi connectivity index (χ3v) is 3.12. The molecule has 0 unspecified atom stereocenters. The molecule has 3 rings (SSSR count). The van der Waals surface area contributed by atoms with Crippen molar-refractivity contribution in [3.63, 3.8) is 0 Å². The third kappa shape index (κ3) is 3.09. The van der Waals surface area contributed by atoms with Crippen molar-refractivity contribution in [3.8, 4) is 0 Å². The fraction of sp³-hybridized carbons (Fsp3) is 0. The lowest BCUT2D eigenvalue weighted by atomic mass is 10.2. The first-order chi connectivity index (χ1) is 10.2. The second-order valence-electron chi connectivity index (χ2n) is 4.35. The minimum absolute atomic E-state index is 0.204. The highest BCUT2D eigenvalue weighted by atomic mass is 35.5. The predicted molar refractivity (Wildman–Crippen MR) is 85.0 cm³/mol. The van der Waals surface area contributed by atoms with Gasteiger partial charge in [-0.1, -0.05) is 35.9 Å². The number of nitrogens with one attached hydrogen (secondary N) is 2. The van der Waals surface area contributed by atoms with Crippen LogP contribution in [0.4, 0.5) is 5.95 Å². The number of rotatable bonds is 3. The van der Waals surface area contributed by atoms with E-state index in [1.807, 2.05) is 18.2 Å². The molecule has 0 atom stereocenters. The van der Waals surface area contributed by atoms with E-state index in [4.69, 9.17) is 11.6 Å². The van der Waals surface area contributed by atoms with Crippen LogP contribution in [-0.2, 0) is 0 Å². The zero-order chi connectivity index (χ0) is 14.7. The number of benzene rings is 2. The molecule has 1 aromatic heterocycles.